The molecule has 0 aromatic carbocycles. The van der Waals surface area contributed by atoms with Crippen molar-refractivity contribution in [1.82, 2.24) is 19.8 Å². The Balaban J connectivity index is 2.12. The molecule has 0 bridgehead atoms. The van der Waals surface area contributed by atoms with Gasteiger partial charge in [-0.25, -0.2) is 0 Å². The van der Waals surface area contributed by atoms with Gasteiger partial charge in [0, 0.05) is 12.0 Å². The summed E-state index contributed by atoms with van der Waals surface area (Å²) in [6, 6.07) is 0. The van der Waals surface area contributed by atoms with E-state index in [1.165, 1.54) is 0 Å². The minimum atomic E-state index is -4.54. The van der Waals surface area contributed by atoms with Crippen LogP contribution in [0.1, 0.15) is 23.7 Å². The third-order valence-corrected chi connectivity index (χ3v) is 4.09. The van der Waals surface area contributed by atoms with E-state index < -0.39 is 12.0 Å². The van der Waals surface area contributed by atoms with Crippen LogP contribution in [0, 0.1) is 0 Å². The SMILES string of the molecule is NCC1(c2nn3c(C(F)(F)F)nnc3s2)CC1. The monoisotopic (exact) mass is 263 g/mol. The fourth-order valence-electron chi connectivity index (χ4n) is 1.66. The second-order valence-corrected chi connectivity index (χ2v) is 5.06. The van der Waals surface area contributed by atoms with Gasteiger partial charge in [-0.1, -0.05) is 11.3 Å². The van der Waals surface area contributed by atoms with Crippen molar-refractivity contribution < 1.29 is 13.2 Å². The van der Waals surface area contributed by atoms with Crippen molar-refractivity contribution in [1.29, 1.82) is 0 Å². The summed E-state index contributed by atoms with van der Waals surface area (Å²) in [7, 11) is 0. The molecule has 2 aromatic heterocycles. The normalized spacial score (nSPS) is 18.8. The standard InChI is InChI=1S/C8H8F3N5S/c9-8(10,11)4-13-14-6-16(4)15-5(17-6)7(3-12)1-2-7/h1-3,12H2. The van der Waals surface area contributed by atoms with Crippen molar-refractivity contribution in [2.45, 2.75) is 24.4 Å². The van der Waals surface area contributed by atoms with Crippen molar-refractivity contribution in [2.75, 3.05) is 6.54 Å². The van der Waals surface area contributed by atoms with Crippen molar-refractivity contribution >= 4 is 16.3 Å². The molecule has 9 heteroatoms. The molecule has 0 aliphatic heterocycles. The van der Waals surface area contributed by atoms with Gasteiger partial charge in [-0.2, -0.15) is 22.8 Å². The number of hydrogen-bond donors (Lipinski definition) is 1. The highest BCUT2D eigenvalue weighted by Gasteiger charge is 2.47. The molecule has 0 amide bonds. The van der Waals surface area contributed by atoms with E-state index in [1.54, 1.807) is 0 Å². The molecule has 0 atom stereocenters. The summed E-state index contributed by atoms with van der Waals surface area (Å²) in [6.45, 7) is 0.401. The molecule has 3 rings (SSSR count). The molecule has 1 saturated carbocycles. The zero-order valence-corrected chi connectivity index (χ0v) is 9.35. The van der Waals surface area contributed by atoms with Crippen molar-refractivity contribution in [2.24, 2.45) is 5.73 Å². The Hall–Kier alpha value is -1.22. The number of aromatic nitrogens is 4. The summed E-state index contributed by atoms with van der Waals surface area (Å²) in [5.74, 6) is -1.08. The molecular formula is C8H8F3N5S. The largest absolute Gasteiger partial charge is 0.453 e. The first-order valence-corrected chi connectivity index (χ1v) is 5.78. The fourth-order valence-corrected chi connectivity index (χ4v) is 2.76. The van der Waals surface area contributed by atoms with Crippen molar-refractivity contribution in [3.63, 3.8) is 0 Å². The van der Waals surface area contributed by atoms with Gasteiger partial charge in [-0.3, -0.25) is 0 Å². The van der Waals surface area contributed by atoms with Crippen LogP contribution in [-0.4, -0.2) is 26.4 Å². The summed E-state index contributed by atoms with van der Waals surface area (Å²) in [5, 5.41) is 11.2. The lowest BCUT2D eigenvalue weighted by molar-refractivity contribution is -0.146. The Morgan fingerprint density at radius 3 is 2.59 bits per heavy atom. The number of rotatable bonds is 2. The van der Waals surface area contributed by atoms with Gasteiger partial charge >= 0.3 is 6.18 Å². The van der Waals surface area contributed by atoms with E-state index in [9.17, 15) is 13.2 Å². The van der Waals surface area contributed by atoms with E-state index in [1.807, 2.05) is 0 Å². The second-order valence-electron chi connectivity index (χ2n) is 4.11. The van der Waals surface area contributed by atoms with Crippen LogP contribution in [-0.2, 0) is 11.6 Å². The Morgan fingerprint density at radius 1 is 1.35 bits per heavy atom. The van der Waals surface area contributed by atoms with Crippen LogP contribution in [0.5, 0.6) is 0 Å². The third kappa shape index (κ3) is 1.53. The van der Waals surface area contributed by atoms with Crippen LogP contribution >= 0.6 is 11.3 Å². The predicted octanol–water partition coefficient (Wildman–Crippen LogP) is 1.19. The Kier molecular flexibility index (Phi) is 2.03. The average molecular weight is 263 g/mol. The highest BCUT2D eigenvalue weighted by Crippen LogP contribution is 2.48. The van der Waals surface area contributed by atoms with Crippen LogP contribution < -0.4 is 5.73 Å². The van der Waals surface area contributed by atoms with Crippen LogP contribution in [0.25, 0.3) is 4.96 Å². The Bertz CT molecular complexity index is 567. The lowest BCUT2D eigenvalue weighted by Gasteiger charge is -2.06. The van der Waals surface area contributed by atoms with Gasteiger partial charge in [0.1, 0.15) is 5.01 Å². The molecule has 0 spiro atoms. The van der Waals surface area contributed by atoms with Gasteiger partial charge in [0.05, 0.1) is 0 Å². The van der Waals surface area contributed by atoms with Crippen molar-refractivity contribution in [3.05, 3.63) is 10.8 Å². The number of nitrogens with two attached hydrogens (primary N) is 1. The lowest BCUT2D eigenvalue weighted by Crippen LogP contribution is -2.20. The fraction of sp³-hybridized carbons (Fsp3) is 0.625. The summed E-state index contributed by atoms with van der Waals surface area (Å²) in [4.78, 5) is 0.159. The smallest absolute Gasteiger partial charge is 0.329 e. The average Bonchev–Trinajstić information content (AvgIpc) is 2.75. The van der Waals surface area contributed by atoms with Gasteiger partial charge < -0.3 is 5.73 Å². The van der Waals surface area contributed by atoms with E-state index in [2.05, 4.69) is 15.3 Å². The zero-order valence-electron chi connectivity index (χ0n) is 8.53. The molecule has 2 aromatic rings. The number of fused-ring (bicyclic) bond motifs is 1. The molecule has 2 N–H and O–H groups in total. The molecular weight excluding hydrogens is 255 g/mol. The van der Waals surface area contributed by atoms with Crippen LogP contribution in [0.15, 0.2) is 0 Å². The summed E-state index contributed by atoms with van der Waals surface area (Å²) >= 11 is 1.13. The highest BCUT2D eigenvalue weighted by atomic mass is 32.1. The maximum Gasteiger partial charge on any atom is 0.453 e. The Labute approximate surface area is 97.4 Å². The molecule has 0 unspecified atom stereocenters. The zero-order chi connectivity index (χ0) is 12.3. The number of nitrogens with zero attached hydrogens (tertiary/aromatic N) is 4. The molecule has 1 aliphatic rings. The van der Waals surface area contributed by atoms with Crippen LogP contribution in [0.4, 0.5) is 13.2 Å². The molecule has 1 fully saturated rings. The minimum absolute atomic E-state index is 0.159. The molecule has 92 valence electrons. The van der Waals surface area contributed by atoms with Gasteiger partial charge in [0.15, 0.2) is 0 Å². The number of halogens is 3. The first kappa shape index (κ1) is 10.9. The van der Waals surface area contributed by atoms with Gasteiger partial charge in [0.2, 0.25) is 4.96 Å². The van der Waals surface area contributed by atoms with E-state index in [0.717, 1.165) is 28.7 Å². The Morgan fingerprint density at radius 2 is 2.06 bits per heavy atom. The number of alkyl halides is 3. The molecule has 17 heavy (non-hydrogen) atoms. The van der Waals surface area contributed by atoms with E-state index >= 15 is 0 Å². The molecule has 1 aliphatic carbocycles. The van der Waals surface area contributed by atoms with E-state index in [-0.39, 0.29) is 10.4 Å². The maximum absolute atomic E-state index is 12.6. The summed E-state index contributed by atoms with van der Waals surface area (Å²) < 4.78 is 38.5. The van der Waals surface area contributed by atoms with Gasteiger partial charge in [-0.15, -0.1) is 10.2 Å². The highest BCUT2D eigenvalue weighted by molar-refractivity contribution is 7.16. The van der Waals surface area contributed by atoms with E-state index in [4.69, 9.17) is 5.73 Å². The molecule has 2 heterocycles. The second kappa shape index (κ2) is 3.16. The van der Waals surface area contributed by atoms with Crippen LogP contribution in [0.3, 0.4) is 0 Å². The lowest BCUT2D eigenvalue weighted by atomic mass is 10.1. The quantitative estimate of drug-likeness (QED) is 0.883. The summed E-state index contributed by atoms with van der Waals surface area (Å²) in [6.07, 6.45) is -2.80. The van der Waals surface area contributed by atoms with Gasteiger partial charge in [-0.05, 0) is 12.8 Å². The van der Waals surface area contributed by atoms with Gasteiger partial charge in [0.25, 0.3) is 5.82 Å². The maximum atomic E-state index is 12.6. The first-order valence-electron chi connectivity index (χ1n) is 4.96. The molecule has 0 radical (unpaired) electrons. The third-order valence-electron chi connectivity index (χ3n) is 2.94. The molecule has 0 saturated heterocycles. The minimum Gasteiger partial charge on any atom is -0.329 e. The van der Waals surface area contributed by atoms with E-state index in [0.29, 0.717) is 11.6 Å². The van der Waals surface area contributed by atoms with Crippen LogP contribution in [0.2, 0.25) is 0 Å². The molecule has 5 nitrogen and oxygen atoms in total. The van der Waals surface area contributed by atoms with Crippen molar-refractivity contribution in [3.8, 4) is 0 Å². The first-order chi connectivity index (χ1) is 7.96. The predicted molar refractivity (Wildman–Crippen MR) is 53.6 cm³/mol. The topological polar surface area (TPSA) is 69.1 Å². The summed E-state index contributed by atoms with van der Waals surface area (Å²) in [5.41, 5.74) is 5.39. The number of hydrogen-bond acceptors (Lipinski definition) is 5.